The summed E-state index contributed by atoms with van der Waals surface area (Å²) in [5, 5.41) is 8.05. The van der Waals surface area contributed by atoms with Gasteiger partial charge in [-0.15, -0.1) is 5.10 Å². The van der Waals surface area contributed by atoms with Crippen LogP contribution in [0.3, 0.4) is 0 Å². The van der Waals surface area contributed by atoms with E-state index in [-0.39, 0.29) is 22.7 Å². The Labute approximate surface area is 131 Å². The fourth-order valence-corrected chi connectivity index (χ4v) is 3.27. The van der Waals surface area contributed by atoms with Crippen molar-refractivity contribution in [1.82, 2.24) is 24.7 Å². The van der Waals surface area contributed by atoms with Gasteiger partial charge >= 0.3 is 0 Å². The van der Waals surface area contributed by atoms with Crippen LogP contribution in [0.5, 0.6) is 0 Å². The van der Waals surface area contributed by atoms with E-state index in [2.05, 4.69) is 22.2 Å². The van der Waals surface area contributed by atoms with E-state index in [4.69, 9.17) is 0 Å². The third-order valence-electron chi connectivity index (χ3n) is 4.41. The third-order valence-corrected chi connectivity index (χ3v) is 4.41. The molecule has 23 heavy (non-hydrogen) atoms. The van der Waals surface area contributed by atoms with Gasteiger partial charge in [0.2, 0.25) is 0 Å². The van der Waals surface area contributed by atoms with E-state index in [0.29, 0.717) is 24.5 Å². The van der Waals surface area contributed by atoms with Crippen LogP contribution in [-0.2, 0) is 0 Å². The molecule has 2 aromatic heterocycles. The minimum atomic E-state index is -0.345. The molecular formula is C16H17N5O2. The summed E-state index contributed by atoms with van der Waals surface area (Å²) < 4.78 is 1.45. The molecule has 0 spiro atoms. The number of rotatable bonds is 1. The molecule has 4 rings (SSSR count). The van der Waals surface area contributed by atoms with Crippen molar-refractivity contribution in [2.24, 2.45) is 5.92 Å². The maximum absolute atomic E-state index is 12.8. The van der Waals surface area contributed by atoms with Gasteiger partial charge in [0.15, 0.2) is 11.2 Å². The molecule has 0 bridgehead atoms. The highest BCUT2D eigenvalue weighted by Gasteiger charge is 2.27. The van der Waals surface area contributed by atoms with E-state index in [1.54, 1.807) is 11.0 Å². The summed E-state index contributed by atoms with van der Waals surface area (Å²) in [6, 6.07) is 7.33. The minimum Gasteiger partial charge on any atom is -0.337 e. The smallest absolute Gasteiger partial charge is 0.277 e. The van der Waals surface area contributed by atoms with Gasteiger partial charge < -0.3 is 9.88 Å². The van der Waals surface area contributed by atoms with E-state index in [1.165, 1.54) is 4.52 Å². The summed E-state index contributed by atoms with van der Waals surface area (Å²) >= 11 is 0. The molecule has 1 fully saturated rings. The predicted molar refractivity (Wildman–Crippen MR) is 85.4 cm³/mol. The van der Waals surface area contributed by atoms with E-state index in [0.717, 1.165) is 18.4 Å². The zero-order valence-corrected chi connectivity index (χ0v) is 12.8. The molecule has 1 N–H and O–H groups in total. The van der Waals surface area contributed by atoms with Gasteiger partial charge in [0.1, 0.15) is 0 Å². The van der Waals surface area contributed by atoms with E-state index >= 15 is 0 Å². The summed E-state index contributed by atoms with van der Waals surface area (Å²) in [5.74, 6) is 0.251. The molecule has 7 heteroatoms. The highest BCUT2D eigenvalue weighted by atomic mass is 16.2. The number of benzene rings is 1. The van der Waals surface area contributed by atoms with Gasteiger partial charge in [-0.1, -0.05) is 24.3 Å². The van der Waals surface area contributed by atoms with Crippen molar-refractivity contribution < 1.29 is 4.79 Å². The Bertz CT molecular complexity index is 958. The number of carbonyl (C=O) groups excluding carboxylic acids is 1. The zero-order valence-electron chi connectivity index (χ0n) is 12.8. The first-order chi connectivity index (χ1) is 11.1. The zero-order chi connectivity index (χ0) is 16.0. The van der Waals surface area contributed by atoms with Gasteiger partial charge in [-0.05, 0) is 30.9 Å². The number of carbonyl (C=O) groups is 1. The molecule has 3 aromatic rings. The van der Waals surface area contributed by atoms with Crippen molar-refractivity contribution in [1.29, 1.82) is 0 Å². The molecule has 0 radical (unpaired) electrons. The Balaban J connectivity index is 1.86. The van der Waals surface area contributed by atoms with E-state index < -0.39 is 0 Å². The van der Waals surface area contributed by atoms with Crippen LogP contribution < -0.4 is 5.56 Å². The number of nitrogens with zero attached hydrogens (tertiary/aromatic N) is 4. The quantitative estimate of drug-likeness (QED) is 0.737. The van der Waals surface area contributed by atoms with Gasteiger partial charge in [0, 0.05) is 13.1 Å². The first-order valence-corrected chi connectivity index (χ1v) is 7.81. The van der Waals surface area contributed by atoms with Crippen LogP contribution in [0.1, 0.15) is 30.3 Å². The van der Waals surface area contributed by atoms with Crippen LogP contribution in [0, 0.1) is 5.92 Å². The third kappa shape index (κ3) is 2.19. The summed E-state index contributed by atoms with van der Waals surface area (Å²) in [4.78, 5) is 29.7. The van der Waals surface area contributed by atoms with Gasteiger partial charge in [-0.3, -0.25) is 9.59 Å². The number of nitrogens with one attached hydrogen (secondary N) is 1. The maximum atomic E-state index is 12.8. The Morgan fingerprint density at radius 3 is 3.00 bits per heavy atom. The molecule has 7 nitrogen and oxygen atoms in total. The average Bonchev–Trinajstić information content (AvgIpc) is 3.00. The largest absolute Gasteiger partial charge is 0.337 e. The molecule has 0 unspecified atom stereocenters. The number of piperidine rings is 1. The number of hydrogen-bond acceptors (Lipinski definition) is 4. The van der Waals surface area contributed by atoms with E-state index in [9.17, 15) is 9.59 Å². The molecule has 3 heterocycles. The van der Waals surface area contributed by atoms with Crippen LogP contribution in [0.15, 0.2) is 29.1 Å². The minimum absolute atomic E-state index is 0.131. The molecule has 118 valence electrons. The molecule has 1 saturated heterocycles. The Morgan fingerprint density at radius 2 is 2.17 bits per heavy atom. The first-order valence-electron chi connectivity index (χ1n) is 7.81. The second-order valence-electron chi connectivity index (χ2n) is 6.17. The van der Waals surface area contributed by atoms with Crippen molar-refractivity contribution in [3.63, 3.8) is 0 Å². The fraction of sp³-hybridized carbons (Fsp3) is 0.375. The van der Waals surface area contributed by atoms with Crippen LogP contribution in [0.25, 0.3) is 16.6 Å². The average molecular weight is 311 g/mol. The Kier molecular flexibility index (Phi) is 3.14. The maximum Gasteiger partial charge on any atom is 0.277 e. The summed E-state index contributed by atoms with van der Waals surface area (Å²) in [6.45, 7) is 3.53. The molecule has 1 aromatic carbocycles. The van der Waals surface area contributed by atoms with Crippen molar-refractivity contribution >= 4 is 22.5 Å². The second kappa shape index (κ2) is 5.19. The van der Waals surface area contributed by atoms with Gasteiger partial charge in [0.25, 0.3) is 11.5 Å². The van der Waals surface area contributed by atoms with Crippen molar-refractivity contribution in [2.75, 3.05) is 13.1 Å². The number of fused-ring (bicyclic) bond motifs is 3. The molecule has 1 aliphatic rings. The lowest BCUT2D eigenvalue weighted by Gasteiger charge is -2.30. The van der Waals surface area contributed by atoms with Gasteiger partial charge in [-0.25, -0.2) is 4.52 Å². The number of H-pyrrole nitrogens is 1. The summed E-state index contributed by atoms with van der Waals surface area (Å²) in [6.07, 6.45) is 2.10. The number of para-hydroxylation sites is 2. The number of aromatic amines is 1. The predicted octanol–water partition coefficient (Wildman–Crippen LogP) is 1.44. The molecule has 0 saturated carbocycles. The lowest BCUT2D eigenvalue weighted by Crippen LogP contribution is -2.39. The standard InChI is InChI=1S/C16H17N5O2/c1-10-5-4-8-20(9-10)16(23)13-14-15(22)17-11-6-2-3-7-12(11)21(14)19-18-13/h2-3,6-7,10H,4-5,8-9H2,1H3,(H,17,22)/t10-/m0/s1. The topological polar surface area (TPSA) is 83.4 Å². The SMILES string of the molecule is C[C@H]1CCCN(C(=O)c2nnn3c2c(=O)[nH]c2ccccc23)C1. The highest BCUT2D eigenvalue weighted by molar-refractivity contribution is 5.99. The Hall–Kier alpha value is -2.70. The highest BCUT2D eigenvalue weighted by Crippen LogP contribution is 2.19. The lowest BCUT2D eigenvalue weighted by atomic mass is 10.00. The number of aromatic nitrogens is 4. The number of hydrogen-bond donors (Lipinski definition) is 1. The number of amides is 1. The Morgan fingerprint density at radius 1 is 1.35 bits per heavy atom. The number of likely N-dealkylation sites (tertiary alicyclic amines) is 1. The monoisotopic (exact) mass is 311 g/mol. The second-order valence-corrected chi connectivity index (χ2v) is 6.17. The lowest BCUT2D eigenvalue weighted by molar-refractivity contribution is 0.0679. The van der Waals surface area contributed by atoms with Gasteiger partial charge in [0.05, 0.1) is 11.0 Å². The van der Waals surface area contributed by atoms with Crippen LogP contribution in [-0.4, -0.2) is 43.7 Å². The van der Waals surface area contributed by atoms with E-state index in [1.807, 2.05) is 18.2 Å². The van der Waals surface area contributed by atoms with Crippen molar-refractivity contribution in [3.05, 3.63) is 40.3 Å². The molecule has 1 amide bonds. The fourth-order valence-electron chi connectivity index (χ4n) is 3.27. The van der Waals surface area contributed by atoms with Crippen LogP contribution in [0.4, 0.5) is 0 Å². The molecule has 0 aliphatic carbocycles. The first kappa shape index (κ1) is 13.9. The normalized spacial score (nSPS) is 18.7. The molecular weight excluding hydrogens is 294 g/mol. The summed E-state index contributed by atoms with van der Waals surface area (Å²) in [5.41, 5.74) is 1.39. The van der Waals surface area contributed by atoms with Crippen LogP contribution in [0.2, 0.25) is 0 Å². The van der Waals surface area contributed by atoms with Crippen molar-refractivity contribution in [3.8, 4) is 0 Å². The van der Waals surface area contributed by atoms with Crippen molar-refractivity contribution in [2.45, 2.75) is 19.8 Å². The van der Waals surface area contributed by atoms with Crippen LogP contribution >= 0.6 is 0 Å². The molecule has 1 aliphatic heterocycles. The van der Waals surface area contributed by atoms with Gasteiger partial charge in [-0.2, -0.15) is 0 Å². The summed E-state index contributed by atoms with van der Waals surface area (Å²) in [7, 11) is 0. The molecule has 1 atom stereocenters.